The molecular formula is C21H31N2O8P. The summed E-state index contributed by atoms with van der Waals surface area (Å²) in [7, 11) is -2.71. The van der Waals surface area contributed by atoms with Gasteiger partial charge in [-0.1, -0.05) is 44.2 Å². The van der Waals surface area contributed by atoms with Crippen molar-refractivity contribution < 1.29 is 37.5 Å². The predicted molar refractivity (Wildman–Crippen MR) is 116 cm³/mol. The Balaban J connectivity index is 1.89. The van der Waals surface area contributed by atoms with Crippen molar-refractivity contribution in [2.75, 3.05) is 26.9 Å². The largest absolute Gasteiger partial charge is 0.469 e. The number of esters is 2. The van der Waals surface area contributed by atoms with Crippen LogP contribution in [0.15, 0.2) is 30.3 Å². The van der Waals surface area contributed by atoms with Gasteiger partial charge in [0.25, 0.3) is 0 Å². The molecule has 1 heterocycles. The molecule has 2 N–H and O–H groups in total. The number of ether oxygens (including phenoxy) is 2. The topological polar surface area (TPSA) is 129 Å². The average molecular weight is 470 g/mol. The molecule has 0 radical (unpaired) electrons. The van der Waals surface area contributed by atoms with Crippen LogP contribution in [0.3, 0.4) is 0 Å². The van der Waals surface area contributed by atoms with Crippen molar-refractivity contribution in [1.29, 1.82) is 0 Å². The van der Waals surface area contributed by atoms with Gasteiger partial charge in [0.1, 0.15) is 6.04 Å². The van der Waals surface area contributed by atoms with Gasteiger partial charge in [-0.25, -0.2) is 9.65 Å². The first kappa shape index (κ1) is 26.0. The first-order valence-corrected chi connectivity index (χ1v) is 11.9. The van der Waals surface area contributed by atoms with Crippen LogP contribution in [-0.2, 0) is 43.9 Å². The second-order valence-electron chi connectivity index (χ2n) is 8.12. The molecule has 1 saturated heterocycles. The molecule has 1 amide bonds. The van der Waals surface area contributed by atoms with Crippen molar-refractivity contribution in [3.63, 3.8) is 0 Å². The van der Waals surface area contributed by atoms with E-state index in [0.717, 1.165) is 5.56 Å². The summed E-state index contributed by atoms with van der Waals surface area (Å²) in [6.45, 7) is 5.10. The second kappa shape index (κ2) is 11.6. The standard InChI is InChI=1S/C21H31N2O8P/c1-15(20(26)29-13-11-16-8-6-5-7-9-16)23-32(27)30-14-21(2,3)18(31-32)19(25)22-12-10-17(24)28-4/h5-9,15,18H,10-14H2,1-4H3,(H,22,25)(H,23,27)/t15-,18-,32+/m0/s1. The summed E-state index contributed by atoms with van der Waals surface area (Å²) in [4.78, 5) is 36.1. The molecule has 0 bridgehead atoms. The van der Waals surface area contributed by atoms with Crippen molar-refractivity contribution in [2.45, 2.75) is 45.8 Å². The van der Waals surface area contributed by atoms with E-state index < -0.39 is 43.2 Å². The van der Waals surface area contributed by atoms with Gasteiger partial charge in [0.15, 0.2) is 6.10 Å². The highest BCUT2D eigenvalue weighted by Gasteiger charge is 2.48. The lowest BCUT2D eigenvalue weighted by atomic mass is 9.87. The third-order valence-electron chi connectivity index (χ3n) is 4.84. The summed E-state index contributed by atoms with van der Waals surface area (Å²) >= 11 is 0. The van der Waals surface area contributed by atoms with Gasteiger partial charge in [-0.3, -0.25) is 23.4 Å². The highest BCUT2D eigenvalue weighted by molar-refractivity contribution is 7.51. The molecule has 1 aliphatic heterocycles. The van der Waals surface area contributed by atoms with E-state index in [0.29, 0.717) is 6.42 Å². The van der Waals surface area contributed by atoms with E-state index in [1.165, 1.54) is 14.0 Å². The molecule has 0 aromatic heterocycles. The number of benzene rings is 1. The number of amides is 1. The molecule has 0 saturated carbocycles. The summed E-state index contributed by atoms with van der Waals surface area (Å²) in [5, 5.41) is 5.10. The van der Waals surface area contributed by atoms with E-state index in [4.69, 9.17) is 13.8 Å². The highest BCUT2D eigenvalue weighted by atomic mass is 31.2. The summed E-state index contributed by atoms with van der Waals surface area (Å²) in [5.41, 5.74) is 0.237. The van der Waals surface area contributed by atoms with Crippen LogP contribution in [0.4, 0.5) is 0 Å². The fraction of sp³-hybridized carbons (Fsp3) is 0.571. The van der Waals surface area contributed by atoms with Gasteiger partial charge >= 0.3 is 19.7 Å². The lowest BCUT2D eigenvalue weighted by Crippen LogP contribution is -2.51. The maximum atomic E-state index is 13.1. The molecule has 3 atom stereocenters. The molecule has 0 aliphatic carbocycles. The minimum absolute atomic E-state index is 0.00629. The van der Waals surface area contributed by atoms with Crippen LogP contribution in [0, 0.1) is 5.41 Å². The van der Waals surface area contributed by atoms with E-state index >= 15 is 0 Å². The van der Waals surface area contributed by atoms with Gasteiger partial charge in [0.2, 0.25) is 5.91 Å². The monoisotopic (exact) mass is 470 g/mol. The Bertz CT molecular complexity index is 845. The quantitative estimate of drug-likeness (QED) is 0.389. The fourth-order valence-electron chi connectivity index (χ4n) is 2.92. The molecule has 32 heavy (non-hydrogen) atoms. The normalized spacial score (nSPS) is 23.1. The van der Waals surface area contributed by atoms with Gasteiger partial charge in [-0.2, -0.15) is 0 Å². The molecule has 1 aromatic rings. The Morgan fingerprint density at radius 2 is 1.94 bits per heavy atom. The number of hydrogen-bond acceptors (Lipinski definition) is 8. The Morgan fingerprint density at radius 1 is 1.25 bits per heavy atom. The van der Waals surface area contributed by atoms with Crippen LogP contribution in [0.1, 0.15) is 32.8 Å². The zero-order valence-corrected chi connectivity index (χ0v) is 19.7. The Hall–Kier alpha value is -2.26. The minimum atomic E-state index is -3.96. The molecule has 1 aromatic carbocycles. The first-order valence-electron chi connectivity index (χ1n) is 10.3. The molecule has 2 rings (SSSR count). The number of carbonyl (C=O) groups is 3. The first-order chi connectivity index (χ1) is 15.1. The number of rotatable bonds is 10. The average Bonchev–Trinajstić information content (AvgIpc) is 2.76. The van der Waals surface area contributed by atoms with Crippen LogP contribution < -0.4 is 10.4 Å². The Kier molecular flexibility index (Phi) is 9.39. The highest BCUT2D eigenvalue weighted by Crippen LogP contribution is 2.53. The summed E-state index contributed by atoms with van der Waals surface area (Å²) in [5.74, 6) is -1.63. The van der Waals surface area contributed by atoms with Crippen LogP contribution in [0.2, 0.25) is 0 Å². The van der Waals surface area contributed by atoms with Crippen molar-refractivity contribution in [1.82, 2.24) is 10.4 Å². The van der Waals surface area contributed by atoms with Crippen molar-refractivity contribution in [2.24, 2.45) is 5.41 Å². The van der Waals surface area contributed by atoms with Gasteiger partial charge in [0.05, 0.1) is 26.7 Å². The van der Waals surface area contributed by atoms with Crippen LogP contribution >= 0.6 is 7.75 Å². The lowest BCUT2D eigenvalue weighted by molar-refractivity contribution is -0.145. The number of hydrogen-bond donors (Lipinski definition) is 2. The molecule has 0 unspecified atom stereocenters. The number of nitrogens with one attached hydrogen (secondary N) is 2. The molecule has 178 valence electrons. The SMILES string of the molecule is COC(=O)CCNC(=O)[C@@H]1O[P@@](=O)(N[C@@H](C)C(=O)OCCc2ccccc2)OCC1(C)C. The van der Waals surface area contributed by atoms with Crippen molar-refractivity contribution in [3.05, 3.63) is 35.9 Å². The second-order valence-corrected chi connectivity index (χ2v) is 9.84. The molecule has 1 aliphatic rings. The van der Waals surface area contributed by atoms with E-state index in [1.54, 1.807) is 13.8 Å². The van der Waals surface area contributed by atoms with E-state index in [-0.39, 0.29) is 26.2 Å². The zero-order chi connectivity index (χ0) is 23.8. The third kappa shape index (κ3) is 7.70. The lowest BCUT2D eigenvalue weighted by Gasteiger charge is -2.40. The van der Waals surface area contributed by atoms with E-state index in [9.17, 15) is 18.9 Å². The number of carbonyl (C=O) groups excluding carboxylic acids is 3. The van der Waals surface area contributed by atoms with E-state index in [1.807, 2.05) is 30.3 Å². The molecule has 10 nitrogen and oxygen atoms in total. The van der Waals surface area contributed by atoms with Crippen LogP contribution in [0.5, 0.6) is 0 Å². The predicted octanol–water partition coefficient (Wildman–Crippen LogP) is 1.98. The van der Waals surface area contributed by atoms with Crippen LogP contribution in [-0.4, -0.2) is 56.9 Å². The molecular weight excluding hydrogens is 439 g/mol. The van der Waals surface area contributed by atoms with Gasteiger partial charge in [-0.05, 0) is 12.5 Å². The smallest absolute Gasteiger partial charge is 0.407 e. The third-order valence-corrected chi connectivity index (χ3v) is 6.50. The molecule has 0 spiro atoms. The van der Waals surface area contributed by atoms with Gasteiger partial charge < -0.3 is 14.8 Å². The summed E-state index contributed by atoms with van der Waals surface area (Å²) < 4.78 is 33.7. The maximum Gasteiger partial charge on any atom is 0.407 e. The van der Waals surface area contributed by atoms with Crippen LogP contribution in [0.25, 0.3) is 0 Å². The Labute approximate surface area is 187 Å². The molecule has 11 heteroatoms. The minimum Gasteiger partial charge on any atom is -0.469 e. The van der Waals surface area contributed by atoms with Crippen molar-refractivity contribution in [3.8, 4) is 0 Å². The summed E-state index contributed by atoms with van der Waals surface area (Å²) in [6, 6.07) is 8.56. The van der Waals surface area contributed by atoms with E-state index in [2.05, 4.69) is 15.1 Å². The zero-order valence-electron chi connectivity index (χ0n) is 18.8. The molecule has 1 fully saturated rings. The van der Waals surface area contributed by atoms with Gasteiger partial charge in [0, 0.05) is 18.4 Å². The number of methoxy groups -OCH3 is 1. The fourth-order valence-corrected chi connectivity index (χ4v) is 4.86. The van der Waals surface area contributed by atoms with Crippen molar-refractivity contribution >= 4 is 25.6 Å². The maximum absolute atomic E-state index is 13.1. The summed E-state index contributed by atoms with van der Waals surface area (Å²) in [6.07, 6.45) is -0.576. The Morgan fingerprint density at radius 3 is 2.59 bits per heavy atom. The van der Waals surface area contributed by atoms with Gasteiger partial charge in [-0.15, -0.1) is 0 Å².